The molecular formula is C24H42BNO3. The van der Waals surface area contributed by atoms with Crippen LogP contribution in [0.3, 0.4) is 0 Å². The molecule has 1 aliphatic heterocycles. The highest BCUT2D eigenvalue weighted by Gasteiger charge is 2.48. The molecule has 0 spiro atoms. The average molecular weight is 403 g/mol. The van der Waals surface area contributed by atoms with Crippen molar-refractivity contribution < 1.29 is 14.4 Å². The van der Waals surface area contributed by atoms with Crippen LogP contribution in [0.1, 0.15) is 112 Å². The van der Waals surface area contributed by atoms with Gasteiger partial charge in [0, 0.05) is 17.9 Å². The van der Waals surface area contributed by atoms with Gasteiger partial charge in [0.05, 0.1) is 11.6 Å². The fourth-order valence-corrected chi connectivity index (χ4v) is 4.81. The van der Waals surface area contributed by atoms with Crippen LogP contribution in [0, 0.1) is 17.8 Å². The summed E-state index contributed by atoms with van der Waals surface area (Å²) >= 11 is 0. The molecule has 2 amide bonds. The zero-order chi connectivity index (χ0) is 22.0. The zero-order valence-corrected chi connectivity index (χ0v) is 19.5. The summed E-state index contributed by atoms with van der Waals surface area (Å²) in [6, 6.07) is 0. The summed E-state index contributed by atoms with van der Waals surface area (Å²) in [5.74, 6) is -0.409. The predicted molar refractivity (Wildman–Crippen MR) is 120 cm³/mol. The van der Waals surface area contributed by atoms with Crippen LogP contribution in [0.2, 0.25) is 0 Å². The van der Waals surface area contributed by atoms with Gasteiger partial charge in [0.1, 0.15) is 0 Å². The van der Waals surface area contributed by atoms with Gasteiger partial charge in [-0.2, -0.15) is 0 Å². The maximum absolute atomic E-state index is 13.3. The fraction of sp³-hybridized carbons (Fsp3) is 0.875. The molecular weight excluding hydrogens is 361 g/mol. The van der Waals surface area contributed by atoms with Crippen LogP contribution in [-0.2, 0) is 14.4 Å². The normalized spacial score (nSPS) is 18.7. The van der Waals surface area contributed by atoms with Crippen molar-refractivity contribution in [2.75, 3.05) is 0 Å². The molecule has 29 heavy (non-hydrogen) atoms. The molecule has 0 aromatic carbocycles. The molecule has 0 saturated carbocycles. The number of hydrogen-bond acceptors (Lipinski definition) is 3. The van der Waals surface area contributed by atoms with Crippen molar-refractivity contribution in [3.63, 3.8) is 0 Å². The molecule has 1 fully saturated rings. The Balaban J connectivity index is 2.86. The molecule has 4 nitrogen and oxygen atoms in total. The summed E-state index contributed by atoms with van der Waals surface area (Å²) < 4.78 is 0. The Morgan fingerprint density at radius 3 is 2.00 bits per heavy atom. The number of unbranched alkanes of at least 4 members (excludes halogenated alkanes) is 6. The van der Waals surface area contributed by atoms with Crippen LogP contribution < -0.4 is 0 Å². The number of nitrogens with zero attached hydrogens (tertiary/aromatic N) is 1. The van der Waals surface area contributed by atoms with Gasteiger partial charge in [0.2, 0.25) is 11.8 Å². The molecule has 1 saturated heterocycles. The zero-order valence-electron chi connectivity index (χ0n) is 19.5. The number of amides is 2. The van der Waals surface area contributed by atoms with Crippen molar-refractivity contribution in [3.8, 4) is 0 Å². The van der Waals surface area contributed by atoms with E-state index in [-0.39, 0.29) is 29.6 Å². The fourth-order valence-electron chi connectivity index (χ4n) is 4.81. The molecule has 0 N–H and O–H groups in total. The van der Waals surface area contributed by atoms with E-state index >= 15 is 0 Å². The Labute approximate surface area is 180 Å². The summed E-state index contributed by atoms with van der Waals surface area (Å²) in [7, 11) is 5.42. The molecule has 0 aromatic rings. The van der Waals surface area contributed by atoms with E-state index in [4.69, 9.17) is 7.85 Å². The number of hydrogen-bond donors (Lipinski definition) is 0. The van der Waals surface area contributed by atoms with Crippen molar-refractivity contribution >= 4 is 25.3 Å². The molecule has 2 atom stereocenters. The van der Waals surface area contributed by atoms with Crippen molar-refractivity contribution in [3.05, 3.63) is 0 Å². The molecule has 5 heteroatoms. The first-order chi connectivity index (χ1) is 13.7. The van der Waals surface area contributed by atoms with Crippen molar-refractivity contribution in [2.45, 2.75) is 117 Å². The molecule has 0 aromatic heterocycles. The Bertz CT molecular complexity index is 534. The SMILES string of the molecule is [B]C(=O)C(C)CC(C)(C)N1C(=O)CC(C(CCCCCC)CCCCCC)C1=O. The Hall–Kier alpha value is -1.13. The summed E-state index contributed by atoms with van der Waals surface area (Å²) in [5.41, 5.74) is -1.08. The third kappa shape index (κ3) is 7.90. The average Bonchev–Trinajstić information content (AvgIpc) is 2.94. The largest absolute Gasteiger partial charge is 0.312 e. The number of carbonyl (C=O) groups excluding carboxylic acids is 3. The lowest BCUT2D eigenvalue weighted by Crippen LogP contribution is -2.49. The van der Waals surface area contributed by atoms with E-state index in [0.717, 1.165) is 25.7 Å². The van der Waals surface area contributed by atoms with Gasteiger partial charge in [-0.1, -0.05) is 72.1 Å². The van der Waals surface area contributed by atoms with E-state index in [9.17, 15) is 14.4 Å². The quantitative estimate of drug-likeness (QED) is 0.208. The lowest BCUT2D eigenvalue weighted by atomic mass is 9.80. The standard InChI is InChI=1S/C24H42BNO3/c1-6-8-10-12-14-19(15-13-11-9-7-2)20-16-21(27)26(23(20)29)24(4,5)17-18(3)22(25)28/h18-20H,6-17H2,1-5H3. The van der Waals surface area contributed by atoms with Crippen LogP contribution in [0.5, 0.6) is 0 Å². The highest BCUT2D eigenvalue weighted by Crippen LogP contribution is 2.38. The van der Waals surface area contributed by atoms with Gasteiger partial charge in [-0.05, 0) is 39.0 Å². The van der Waals surface area contributed by atoms with Gasteiger partial charge in [-0.3, -0.25) is 14.5 Å². The lowest BCUT2D eigenvalue weighted by Gasteiger charge is -2.36. The second-order valence-corrected chi connectivity index (χ2v) is 9.66. The van der Waals surface area contributed by atoms with Crippen LogP contribution in [0.4, 0.5) is 0 Å². The first-order valence-corrected chi connectivity index (χ1v) is 11.8. The van der Waals surface area contributed by atoms with Gasteiger partial charge in [0.15, 0.2) is 7.85 Å². The van der Waals surface area contributed by atoms with Crippen LogP contribution in [0.15, 0.2) is 0 Å². The molecule has 2 unspecified atom stereocenters. The number of rotatable bonds is 15. The Morgan fingerprint density at radius 2 is 1.55 bits per heavy atom. The maximum Gasteiger partial charge on any atom is 0.233 e. The van der Waals surface area contributed by atoms with Gasteiger partial charge >= 0.3 is 0 Å². The highest BCUT2D eigenvalue weighted by molar-refractivity contribution is 6.58. The number of imide groups is 1. The van der Waals surface area contributed by atoms with Gasteiger partial charge in [0.25, 0.3) is 0 Å². The topological polar surface area (TPSA) is 54.5 Å². The van der Waals surface area contributed by atoms with E-state index in [0.29, 0.717) is 12.8 Å². The third-order valence-electron chi connectivity index (χ3n) is 6.50. The Kier molecular flexibility index (Phi) is 11.2. The molecule has 0 bridgehead atoms. The molecule has 1 heterocycles. The summed E-state index contributed by atoms with van der Waals surface area (Å²) in [6.45, 7) is 9.92. The predicted octanol–water partition coefficient (Wildman–Crippen LogP) is 5.42. The second kappa shape index (κ2) is 12.5. The van der Waals surface area contributed by atoms with Gasteiger partial charge in [-0.25, -0.2) is 0 Å². The first kappa shape index (κ1) is 25.9. The lowest BCUT2D eigenvalue weighted by molar-refractivity contribution is -0.147. The number of likely N-dealkylation sites (tertiary alicyclic amines) is 1. The smallest absolute Gasteiger partial charge is 0.233 e. The van der Waals surface area contributed by atoms with Crippen LogP contribution in [-0.4, -0.2) is 35.8 Å². The summed E-state index contributed by atoms with van der Waals surface area (Å²) in [5, 5.41) is 0. The van der Waals surface area contributed by atoms with Crippen molar-refractivity contribution in [1.82, 2.24) is 4.90 Å². The molecule has 0 aliphatic carbocycles. The van der Waals surface area contributed by atoms with E-state index < -0.39 is 11.2 Å². The maximum atomic E-state index is 13.3. The van der Waals surface area contributed by atoms with Crippen LogP contribution >= 0.6 is 0 Å². The summed E-state index contributed by atoms with van der Waals surface area (Å²) in [6.07, 6.45) is 12.3. The third-order valence-corrected chi connectivity index (χ3v) is 6.50. The van der Waals surface area contributed by atoms with Crippen molar-refractivity contribution in [1.29, 1.82) is 0 Å². The Morgan fingerprint density at radius 1 is 1.03 bits per heavy atom. The molecule has 1 rings (SSSR count). The van der Waals surface area contributed by atoms with Gasteiger partial charge < -0.3 is 4.79 Å². The van der Waals surface area contributed by atoms with E-state index in [1.54, 1.807) is 6.92 Å². The number of carbonyl (C=O) groups is 3. The van der Waals surface area contributed by atoms with E-state index in [2.05, 4.69) is 13.8 Å². The molecule has 2 radical (unpaired) electrons. The highest BCUT2D eigenvalue weighted by atomic mass is 16.2. The monoisotopic (exact) mass is 403 g/mol. The van der Waals surface area contributed by atoms with Gasteiger partial charge in [-0.15, -0.1) is 0 Å². The minimum atomic E-state index is -0.688. The minimum absolute atomic E-state index is 0.0346. The molecule has 164 valence electrons. The summed E-state index contributed by atoms with van der Waals surface area (Å²) in [4.78, 5) is 39.1. The van der Waals surface area contributed by atoms with Crippen molar-refractivity contribution in [2.24, 2.45) is 17.8 Å². The first-order valence-electron chi connectivity index (χ1n) is 11.8. The minimum Gasteiger partial charge on any atom is -0.312 e. The van der Waals surface area contributed by atoms with E-state index in [1.165, 1.54) is 43.4 Å². The van der Waals surface area contributed by atoms with Crippen LogP contribution in [0.25, 0.3) is 0 Å². The second-order valence-electron chi connectivity index (χ2n) is 9.66. The van der Waals surface area contributed by atoms with E-state index in [1.807, 2.05) is 13.8 Å². The molecule has 1 aliphatic rings.